The minimum Gasteiger partial charge on any atom is -0.480 e. The normalized spacial score (nSPS) is 21.4. The van der Waals surface area contributed by atoms with Crippen LogP contribution >= 0.6 is 0 Å². The van der Waals surface area contributed by atoms with Gasteiger partial charge >= 0.3 is 5.97 Å². The molecule has 1 rings (SSSR count). The molecule has 0 aromatic rings. The van der Waals surface area contributed by atoms with Gasteiger partial charge in [0.2, 0.25) is 0 Å². The Morgan fingerprint density at radius 3 is 2.27 bits per heavy atom. The molecule has 0 spiro atoms. The monoisotopic (exact) mass is 159 g/mol. The summed E-state index contributed by atoms with van der Waals surface area (Å²) < 4.78 is 4.86. The van der Waals surface area contributed by atoms with E-state index in [1.165, 1.54) is 0 Å². The molecular formula is C7H13NO3. The first-order valence-corrected chi connectivity index (χ1v) is 3.66. The molecule has 1 aliphatic rings. The first-order valence-electron chi connectivity index (χ1n) is 3.66. The van der Waals surface area contributed by atoms with Gasteiger partial charge in [-0.3, -0.25) is 10.1 Å². The van der Waals surface area contributed by atoms with E-state index in [1.807, 2.05) is 13.8 Å². The van der Waals surface area contributed by atoms with E-state index in [1.54, 1.807) is 0 Å². The van der Waals surface area contributed by atoms with Crippen LogP contribution in [-0.2, 0) is 9.53 Å². The zero-order valence-electron chi connectivity index (χ0n) is 6.76. The average molecular weight is 159 g/mol. The molecule has 4 nitrogen and oxygen atoms in total. The number of carboxylic acids is 1. The van der Waals surface area contributed by atoms with Crippen LogP contribution in [0.1, 0.15) is 13.8 Å². The van der Waals surface area contributed by atoms with Crippen LogP contribution < -0.4 is 5.32 Å². The molecule has 0 bridgehead atoms. The number of carbonyl (C=O) groups is 1. The van der Waals surface area contributed by atoms with Crippen molar-refractivity contribution >= 4 is 5.97 Å². The Labute approximate surface area is 65.5 Å². The van der Waals surface area contributed by atoms with Gasteiger partial charge in [0.25, 0.3) is 0 Å². The largest absolute Gasteiger partial charge is 0.480 e. The minimum atomic E-state index is -0.822. The van der Waals surface area contributed by atoms with Crippen LogP contribution in [0.4, 0.5) is 0 Å². The van der Waals surface area contributed by atoms with Crippen LogP contribution in [0, 0.1) is 0 Å². The molecule has 0 aromatic carbocycles. The van der Waals surface area contributed by atoms with Gasteiger partial charge in [-0.25, -0.2) is 0 Å². The molecule has 1 saturated heterocycles. The van der Waals surface area contributed by atoms with Gasteiger partial charge < -0.3 is 9.84 Å². The Kier molecular flexibility index (Phi) is 2.15. The van der Waals surface area contributed by atoms with Gasteiger partial charge in [-0.05, 0) is 13.8 Å². The number of hydrogen-bond acceptors (Lipinski definition) is 3. The molecule has 1 fully saturated rings. The highest BCUT2D eigenvalue weighted by Gasteiger charge is 2.46. The Balaban J connectivity index is 2.54. The fourth-order valence-corrected chi connectivity index (χ4v) is 1.13. The number of carboxylic acid groups (broad SMARTS) is 1. The van der Waals surface area contributed by atoms with E-state index in [9.17, 15) is 4.79 Å². The van der Waals surface area contributed by atoms with Crippen molar-refractivity contribution < 1.29 is 14.6 Å². The van der Waals surface area contributed by atoms with E-state index >= 15 is 0 Å². The SMILES string of the molecule is CC(C)NC1(C(=O)O)COC1. The molecule has 0 unspecified atom stereocenters. The molecule has 4 heteroatoms. The third-order valence-corrected chi connectivity index (χ3v) is 1.67. The zero-order chi connectivity index (χ0) is 8.48. The van der Waals surface area contributed by atoms with Crippen LogP contribution in [0.2, 0.25) is 0 Å². The molecule has 0 atom stereocenters. The number of rotatable bonds is 3. The highest BCUT2D eigenvalue weighted by atomic mass is 16.5. The van der Waals surface area contributed by atoms with Crippen molar-refractivity contribution in [2.24, 2.45) is 0 Å². The van der Waals surface area contributed by atoms with Crippen molar-refractivity contribution in [1.29, 1.82) is 0 Å². The Hall–Kier alpha value is -0.610. The van der Waals surface area contributed by atoms with E-state index in [0.29, 0.717) is 0 Å². The van der Waals surface area contributed by atoms with E-state index in [0.717, 1.165) is 0 Å². The van der Waals surface area contributed by atoms with Gasteiger partial charge in [0, 0.05) is 6.04 Å². The Morgan fingerprint density at radius 2 is 2.18 bits per heavy atom. The van der Waals surface area contributed by atoms with Crippen molar-refractivity contribution in [1.82, 2.24) is 5.32 Å². The standard InChI is InChI=1S/C7H13NO3/c1-5(2)8-7(6(9)10)3-11-4-7/h5,8H,3-4H2,1-2H3,(H,9,10). The molecule has 11 heavy (non-hydrogen) atoms. The molecule has 0 aliphatic carbocycles. The second kappa shape index (κ2) is 2.79. The third kappa shape index (κ3) is 1.52. The van der Waals surface area contributed by atoms with Crippen molar-refractivity contribution in [3.63, 3.8) is 0 Å². The number of hydrogen-bond donors (Lipinski definition) is 2. The fourth-order valence-electron chi connectivity index (χ4n) is 1.13. The number of nitrogens with one attached hydrogen (secondary N) is 1. The maximum atomic E-state index is 10.7. The summed E-state index contributed by atoms with van der Waals surface area (Å²) >= 11 is 0. The van der Waals surface area contributed by atoms with Gasteiger partial charge in [-0.1, -0.05) is 0 Å². The number of aliphatic carboxylic acids is 1. The van der Waals surface area contributed by atoms with E-state index in [2.05, 4.69) is 5.32 Å². The lowest BCUT2D eigenvalue weighted by Crippen LogP contribution is -2.67. The molecule has 0 amide bonds. The van der Waals surface area contributed by atoms with Crippen molar-refractivity contribution in [2.45, 2.75) is 25.4 Å². The van der Waals surface area contributed by atoms with Crippen molar-refractivity contribution in [2.75, 3.05) is 13.2 Å². The summed E-state index contributed by atoms with van der Waals surface area (Å²) in [5, 5.41) is 11.8. The fraction of sp³-hybridized carbons (Fsp3) is 0.857. The highest BCUT2D eigenvalue weighted by Crippen LogP contribution is 2.17. The van der Waals surface area contributed by atoms with Crippen LogP contribution in [0.25, 0.3) is 0 Å². The lowest BCUT2D eigenvalue weighted by molar-refractivity contribution is -0.166. The summed E-state index contributed by atoms with van der Waals surface area (Å²) in [4.78, 5) is 10.7. The highest BCUT2D eigenvalue weighted by molar-refractivity contribution is 5.80. The molecule has 1 heterocycles. The summed E-state index contributed by atoms with van der Waals surface area (Å²) in [7, 11) is 0. The zero-order valence-corrected chi connectivity index (χ0v) is 6.76. The predicted molar refractivity (Wildman–Crippen MR) is 39.5 cm³/mol. The Morgan fingerprint density at radius 1 is 1.64 bits per heavy atom. The molecule has 0 radical (unpaired) electrons. The minimum absolute atomic E-state index is 0.176. The third-order valence-electron chi connectivity index (χ3n) is 1.67. The summed E-state index contributed by atoms with van der Waals surface area (Å²) in [6.07, 6.45) is 0. The molecule has 64 valence electrons. The van der Waals surface area contributed by atoms with E-state index in [4.69, 9.17) is 9.84 Å². The van der Waals surface area contributed by atoms with Crippen LogP contribution in [0.5, 0.6) is 0 Å². The molecule has 1 aliphatic heterocycles. The topological polar surface area (TPSA) is 58.6 Å². The van der Waals surface area contributed by atoms with Crippen LogP contribution in [0.15, 0.2) is 0 Å². The Bertz CT molecular complexity index is 163. The first-order chi connectivity index (χ1) is 5.07. The maximum absolute atomic E-state index is 10.7. The molecule has 2 N–H and O–H groups in total. The van der Waals surface area contributed by atoms with Crippen LogP contribution in [0.3, 0.4) is 0 Å². The molecule has 0 saturated carbocycles. The first kappa shape index (κ1) is 8.49. The van der Waals surface area contributed by atoms with Gasteiger partial charge in [0.05, 0.1) is 13.2 Å². The predicted octanol–water partition coefficient (Wildman–Crippen LogP) is -0.162. The number of ether oxygens (including phenoxy) is 1. The molecule has 0 aromatic heterocycles. The molecular weight excluding hydrogens is 146 g/mol. The van der Waals surface area contributed by atoms with Crippen molar-refractivity contribution in [3.05, 3.63) is 0 Å². The second-order valence-corrected chi connectivity index (χ2v) is 3.18. The smallest absolute Gasteiger partial charge is 0.328 e. The lowest BCUT2D eigenvalue weighted by Gasteiger charge is -2.39. The van der Waals surface area contributed by atoms with Gasteiger partial charge in [-0.2, -0.15) is 0 Å². The maximum Gasteiger partial charge on any atom is 0.328 e. The van der Waals surface area contributed by atoms with Gasteiger partial charge in [0.1, 0.15) is 0 Å². The summed E-state index contributed by atoms with van der Waals surface area (Å²) in [6, 6.07) is 0.176. The second-order valence-electron chi connectivity index (χ2n) is 3.18. The van der Waals surface area contributed by atoms with E-state index < -0.39 is 11.5 Å². The quantitative estimate of drug-likeness (QED) is 0.600. The van der Waals surface area contributed by atoms with Gasteiger partial charge in [-0.15, -0.1) is 0 Å². The van der Waals surface area contributed by atoms with Crippen LogP contribution in [-0.4, -0.2) is 35.9 Å². The summed E-state index contributed by atoms with van der Waals surface area (Å²) in [6.45, 7) is 4.40. The van der Waals surface area contributed by atoms with Crippen molar-refractivity contribution in [3.8, 4) is 0 Å². The van der Waals surface area contributed by atoms with Gasteiger partial charge in [0.15, 0.2) is 5.54 Å². The lowest BCUT2D eigenvalue weighted by atomic mass is 9.97. The van der Waals surface area contributed by atoms with E-state index in [-0.39, 0.29) is 19.3 Å². The average Bonchev–Trinajstić information content (AvgIpc) is 1.77. The summed E-state index contributed by atoms with van der Waals surface area (Å²) in [5.41, 5.74) is -0.811. The summed E-state index contributed by atoms with van der Waals surface area (Å²) in [5.74, 6) is -0.822.